The molecule has 0 atom stereocenters. The van der Waals surface area contributed by atoms with E-state index in [1.54, 1.807) is 0 Å². The minimum atomic E-state index is -4.74. The number of hydrogen-bond acceptors (Lipinski definition) is 2. The van der Waals surface area contributed by atoms with Crippen LogP contribution in [0.3, 0.4) is 0 Å². The molecule has 2 nitrogen and oxygen atoms in total. The smallest absolute Gasteiger partial charge is 0.419 e. The van der Waals surface area contributed by atoms with Gasteiger partial charge in [0.2, 0.25) is 0 Å². The number of nitrogens with two attached hydrogens (primary N) is 1. The van der Waals surface area contributed by atoms with Crippen molar-refractivity contribution in [2.75, 3.05) is 6.61 Å². The summed E-state index contributed by atoms with van der Waals surface area (Å²) in [6.07, 6.45) is -4.50. The molecule has 0 spiro atoms. The molecule has 17 heavy (non-hydrogen) atoms. The number of thiocarbonyl (C=S) groups is 1. The van der Waals surface area contributed by atoms with Crippen molar-refractivity contribution in [3.05, 3.63) is 29.6 Å². The average Bonchev–Trinajstić information content (AvgIpc) is 2.18. The molecule has 0 saturated heterocycles. The van der Waals surface area contributed by atoms with Crippen molar-refractivity contribution >= 4 is 17.2 Å². The maximum atomic E-state index is 12.9. The molecular formula is C10H9F4NOS. The van der Waals surface area contributed by atoms with E-state index in [2.05, 4.69) is 12.2 Å². The maximum Gasteiger partial charge on any atom is 0.419 e. The molecule has 0 radical (unpaired) electrons. The van der Waals surface area contributed by atoms with E-state index in [1.165, 1.54) is 0 Å². The Morgan fingerprint density at radius 1 is 1.35 bits per heavy atom. The highest BCUT2D eigenvalue weighted by Crippen LogP contribution is 2.33. The van der Waals surface area contributed by atoms with Crippen LogP contribution >= 0.6 is 12.2 Å². The number of halogens is 4. The molecule has 0 amide bonds. The molecule has 1 aromatic rings. The van der Waals surface area contributed by atoms with Crippen LogP contribution in [0.2, 0.25) is 0 Å². The Hall–Kier alpha value is -1.37. The van der Waals surface area contributed by atoms with Gasteiger partial charge in [-0.15, -0.1) is 0 Å². The SMILES string of the molecule is NC(=S)CCOc1ccc(F)c(C(F)(F)F)c1. The zero-order chi connectivity index (χ0) is 13.1. The Morgan fingerprint density at radius 2 is 2.00 bits per heavy atom. The summed E-state index contributed by atoms with van der Waals surface area (Å²) in [5.41, 5.74) is 3.84. The van der Waals surface area contributed by atoms with Crippen LogP contribution in [0.5, 0.6) is 5.75 Å². The Morgan fingerprint density at radius 3 is 2.53 bits per heavy atom. The van der Waals surface area contributed by atoms with E-state index in [9.17, 15) is 17.6 Å². The Kier molecular flexibility index (Phi) is 4.28. The fraction of sp³-hybridized carbons (Fsp3) is 0.300. The molecule has 0 aliphatic rings. The summed E-state index contributed by atoms with van der Waals surface area (Å²) >= 11 is 4.57. The molecule has 1 aromatic carbocycles. The fourth-order valence-electron chi connectivity index (χ4n) is 1.08. The zero-order valence-electron chi connectivity index (χ0n) is 8.55. The van der Waals surface area contributed by atoms with E-state index in [1.807, 2.05) is 0 Å². The monoisotopic (exact) mass is 267 g/mol. The summed E-state index contributed by atoms with van der Waals surface area (Å²) in [7, 11) is 0. The summed E-state index contributed by atoms with van der Waals surface area (Å²) in [6.45, 7) is 0.0538. The third-order valence-corrected chi connectivity index (χ3v) is 2.06. The molecule has 0 unspecified atom stereocenters. The molecule has 0 saturated carbocycles. The van der Waals surface area contributed by atoms with E-state index >= 15 is 0 Å². The van der Waals surface area contributed by atoms with Gasteiger partial charge in [-0.05, 0) is 18.2 Å². The highest BCUT2D eigenvalue weighted by atomic mass is 32.1. The number of ether oxygens (including phenoxy) is 1. The Balaban J connectivity index is 2.79. The van der Waals surface area contributed by atoms with Crippen LogP contribution in [0.1, 0.15) is 12.0 Å². The van der Waals surface area contributed by atoms with Gasteiger partial charge in [0.15, 0.2) is 0 Å². The van der Waals surface area contributed by atoms with Crippen LogP contribution < -0.4 is 10.5 Å². The molecule has 2 N–H and O–H groups in total. The summed E-state index contributed by atoms with van der Waals surface area (Å²) in [6, 6.07) is 2.43. The molecule has 0 aliphatic carbocycles. The molecule has 0 bridgehead atoms. The normalized spacial score (nSPS) is 11.3. The maximum absolute atomic E-state index is 12.9. The first-order chi connectivity index (χ1) is 7.80. The summed E-state index contributed by atoms with van der Waals surface area (Å²) in [5.74, 6) is -1.41. The highest BCUT2D eigenvalue weighted by molar-refractivity contribution is 7.80. The van der Waals surface area contributed by atoms with E-state index in [4.69, 9.17) is 10.5 Å². The van der Waals surface area contributed by atoms with Crippen LogP contribution in [0.15, 0.2) is 18.2 Å². The number of alkyl halides is 3. The lowest BCUT2D eigenvalue weighted by molar-refractivity contribution is -0.140. The molecule has 0 aliphatic heterocycles. The second-order valence-corrected chi connectivity index (χ2v) is 3.73. The molecule has 0 fully saturated rings. The lowest BCUT2D eigenvalue weighted by Gasteiger charge is -2.11. The van der Waals surface area contributed by atoms with Crippen molar-refractivity contribution in [3.63, 3.8) is 0 Å². The standard InChI is InChI=1S/C10H9F4NOS/c11-8-2-1-6(16-4-3-9(15)17)5-7(8)10(12,13)14/h1-2,5H,3-4H2,(H2,15,17). The van der Waals surface area contributed by atoms with E-state index < -0.39 is 17.6 Å². The average molecular weight is 267 g/mol. The van der Waals surface area contributed by atoms with Crippen LogP contribution in [-0.4, -0.2) is 11.6 Å². The number of hydrogen-bond donors (Lipinski definition) is 1. The van der Waals surface area contributed by atoms with Gasteiger partial charge in [0.1, 0.15) is 11.6 Å². The zero-order valence-corrected chi connectivity index (χ0v) is 9.37. The second kappa shape index (κ2) is 5.31. The lowest BCUT2D eigenvalue weighted by Crippen LogP contribution is -2.13. The minimum Gasteiger partial charge on any atom is -0.493 e. The van der Waals surface area contributed by atoms with Crippen LogP contribution in [-0.2, 0) is 6.18 Å². The number of benzene rings is 1. The van der Waals surface area contributed by atoms with Gasteiger partial charge < -0.3 is 10.5 Å². The van der Waals surface area contributed by atoms with E-state index in [0.29, 0.717) is 12.1 Å². The van der Waals surface area contributed by atoms with Gasteiger partial charge in [0.05, 0.1) is 17.2 Å². The lowest BCUT2D eigenvalue weighted by atomic mass is 10.2. The van der Waals surface area contributed by atoms with Gasteiger partial charge in [-0.3, -0.25) is 0 Å². The summed E-state index contributed by atoms with van der Waals surface area (Å²) < 4.78 is 54.9. The summed E-state index contributed by atoms with van der Waals surface area (Å²) in [5, 5.41) is 0. The van der Waals surface area contributed by atoms with E-state index in [-0.39, 0.29) is 23.8 Å². The predicted molar refractivity (Wildman–Crippen MR) is 58.3 cm³/mol. The molecule has 7 heteroatoms. The summed E-state index contributed by atoms with van der Waals surface area (Å²) in [4.78, 5) is 0.197. The second-order valence-electron chi connectivity index (χ2n) is 3.20. The minimum absolute atomic E-state index is 0.0538. The van der Waals surface area contributed by atoms with Gasteiger partial charge in [-0.2, -0.15) is 13.2 Å². The predicted octanol–water partition coefficient (Wildman–Crippen LogP) is 2.90. The van der Waals surface area contributed by atoms with Crippen molar-refractivity contribution in [3.8, 4) is 5.75 Å². The molecule has 1 rings (SSSR count). The Bertz CT molecular complexity index is 419. The Labute approximate surface area is 100 Å². The van der Waals surface area contributed by atoms with Crippen molar-refractivity contribution in [2.24, 2.45) is 5.73 Å². The molecule has 94 valence electrons. The van der Waals surface area contributed by atoms with Gasteiger partial charge in [-0.25, -0.2) is 4.39 Å². The van der Waals surface area contributed by atoms with Gasteiger partial charge >= 0.3 is 6.18 Å². The van der Waals surface area contributed by atoms with Crippen molar-refractivity contribution in [1.82, 2.24) is 0 Å². The highest BCUT2D eigenvalue weighted by Gasteiger charge is 2.34. The largest absolute Gasteiger partial charge is 0.493 e. The molecule has 0 heterocycles. The quantitative estimate of drug-likeness (QED) is 0.673. The van der Waals surface area contributed by atoms with Crippen LogP contribution in [0.4, 0.5) is 17.6 Å². The third-order valence-electron chi connectivity index (χ3n) is 1.86. The van der Waals surface area contributed by atoms with Crippen molar-refractivity contribution in [2.45, 2.75) is 12.6 Å². The van der Waals surface area contributed by atoms with Gasteiger partial charge in [0.25, 0.3) is 0 Å². The number of rotatable bonds is 4. The fourth-order valence-corrected chi connectivity index (χ4v) is 1.16. The third kappa shape index (κ3) is 4.18. The first kappa shape index (κ1) is 13.7. The first-order valence-electron chi connectivity index (χ1n) is 4.58. The van der Waals surface area contributed by atoms with Crippen molar-refractivity contribution < 1.29 is 22.3 Å². The van der Waals surface area contributed by atoms with E-state index in [0.717, 1.165) is 6.07 Å². The van der Waals surface area contributed by atoms with Gasteiger partial charge in [0, 0.05) is 6.42 Å². The van der Waals surface area contributed by atoms with Gasteiger partial charge in [-0.1, -0.05) is 12.2 Å². The van der Waals surface area contributed by atoms with Crippen LogP contribution in [0.25, 0.3) is 0 Å². The van der Waals surface area contributed by atoms with Crippen molar-refractivity contribution in [1.29, 1.82) is 0 Å². The molecular weight excluding hydrogens is 258 g/mol. The van der Waals surface area contributed by atoms with Crippen LogP contribution in [0, 0.1) is 5.82 Å². The molecule has 0 aromatic heterocycles. The first-order valence-corrected chi connectivity index (χ1v) is 4.99. The topological polar surface area (TPSA) is 35.2 Å².